The van der Waals surface area contributed by atoms with Gasteiger partial charge in [-0.2, -0.15) is 0 Å². The highest BCUT2D eigenvalue weighted by molar-refractivity contribution is 7.99. The highest BCUT2D eigenvalue weighted by Crippen LogP contribution is 2.32. The molecule has 0 spiro atoms. The smallest absolute Gasteiger partial charge is 0.234 e. The van der Waals surface area contributed by atoms with Gasteiger partial charge in [-0.3, -0.25) is 4.79 Å². The molecular weight excluding hydrogens is 356 g/mol. The molecule has 7 heteroatoms. The van der Waals surface area contributed by atoms with Gasteiger partial charge in [0.15, 0.2) is 5.16 Å². The van der Waals surface area contributed by atoms with Crippen molar-refractivity contribution in [1.82, 2.24) is 14.8 Å². The molecule has 134 valence electrons. The fraction of sp³-hybridized carbons (Fsp3) is 0.500. The first kappa shape index (κ1) is 18.3. The number of rotatable bonds is 5. The molecule has 5 nitrogen and oxygen atoms in total. The van der Waals surface area contributed by atoms with Gasteiger partial charge in [0, 0.05) is 6.04 Å². The highest BCUT2D eigenvalue weighted by atomic mass is 35.5. The average molecular weight is 379 g/mol. The Bertz CT molecular complexity index is 756. The van der Waals surface area contributed by atoms with Gasteiger partial charge in [-0.15, -0.1) is 10.2 Å². The molecule has 25 heavy (non-hydrogen) atoms. The first-order valence-corrected chi connectivity index (χ1v) is 10.0. The lowest BCUT2D eigenvalue weighted by atomic mass is 9.95. The predicted octanol–water partition coefficient (Wildman–Crippen LogP) is 4.78. The van der Waals surface area contributed by atoms with Crippen LogP contribution in [0.4, 0.5) is 5.69 Å². The maximum absolute atomic E-state index is 12.3. The standard InChI is InChI=1S/C18H23ClN4OS/c1-12-8-9-16(15(19)10-12)20-17(24)11-25-18-22-21-13(2)23(18)14-6-4-3-5-7-14/h8-10,14H,3-7,11H2,1-2H3,(H,20,24). The largest absolute Gasteiger partial charge is 0.324 e. The van der Waals surface area contributed by atoms with Crippen LogP contribution in [0.1, 0.15) is 49.5 Å². The van der Waals surface area contributed by atoms with E-state index in [0.29, 0.717) is 16.8 Å². The Balaban J connectivity index is 1.62. The number of aryl methyl sites for hydroxylation is 2. The Morgan fingerprint density at radius 3 is 2.76 bits per heavy atom. The van der Waals surface area contributed by atoms with Gasteiger partial charge in [-0.05, 0) is 44.4 Å². The van der Waals surface area contributed by atoms with E-state index in [1.165, 1.54) is 31.0 Å². The Labute approximate surface area is 157 Å². The summed E-state index contributed by atoms with van der Waals surface area (Å²) >= 11 is 7.60. The van der Waals surface area contributed by atoms with Crippen molar-refractivity contribution < 1.29 is 4.79 Å². The number of benzene rings is 1. The quantitative estimate of drug-likeness (QED) is 0.760. The number of amides is 1. The molecule has 1 aliphatic rings. The molecule has 1 amide bonds. The maximum Gasteiger partial charge on any atom is 0.234 e. The summed E-state index contributed by atoms with van der Waals surface area (Å²) in [6.07, 6.45) is 6.13. The fourth-order valence-electron chi connectivity index (χ4n) is 3.25. The summed E-state index contributed by atoms with van der Waals surface area (Å²) in [7, 11) is 0. The zero-order chi connectivity index (χ0) is 17.8. The zero-order valence-corrected chi connectivity index (χ0v) is 16.2. The number of carbonyl (C=O) groups is 1. The second-order valence-electron chi connectivity index (χ2n) is 6.51. The van der Waals surface area contributed by atoms with E-state index in [0.717, 1.165) is 29.4 Å². The number of thioether (sulfide) groups is 1. The third-order valence-corrected chi connectivity index (χ3v) is 5.76. The molecule has 1 N–H and O–H groups in total. The Morgan fingerprint density at radius 1 is 1.28 bits per heavy atom. The van der Waals surface area contributed by atoms with Crippen LogP contribution in [0.5, 0.6) is 0 Å². The SMILES string of the molecule is Cc1ccc(NC(=O)CSc2nnc(C)n2C2CCCCC2)c(Cl)c1. The third kappa shape index (κ3) is 4.55. The molecule has 0 atom stereocenters. The van der Waals surface area contributed by atoms with Crippen molar-refractivity contribution in [3.05, 3.63) is 34.6 Å². The van der Waals surface area contributed by atoms with Gasteiger partial charge >= 0.3 is 0 Å². The summed E-state index contributed by atoms with van der Waals surface area (Å²) in [6.45, 7) is 3.95. The van der Waals surface area contributed by atoms with Crippen LogP contribution in [-0.4, -0.2) is 26.4 Å². The minimum atomic E-state index is -0.0911. The molecule has 0 aliphatic heterocycles. The number of nitrogens with one attached hydrogen (secondary N) is 1. The number of carbonyl (C=O) groups excluding carboxylic acids is 1. The minimum Gasteiger partial charge on any atom is -0.324 e. The molecule has 1 aliphatic carbocycles. The Kier molecular flexibility index (Phi) is 6.02. The van der Waals surface area contributed by atoms with Gasteiger partial charge in [0.25, 0.3) is 0 Å². The molecule has 0 saturated heterocycles. The molecule has 3 rings (SSSR count). The van der Waals surface area contributed by atoms with Crippen LogP contribution in [0.25, 0.3) is 0 Å². The average Bonchev–Trinajstić information content (AvgIpc) is 2.97. The van der Waals surface area contributed by atoms with Crippen LogP contribution in [0, 0.1) is 13.8 Å². The highest BCUT2D eigenvalue weighted by Gasteiger charge is 2.21. The van der Waals surface area contributed by atoms with Gasteiger partial charge in [-0.1, -0.05) is 48.7 Å². The lowest BCUT2D eigenvalue weighted by Crippen LogP contribution is -2.17. The van der Waals surface area contributed by atoms with E-state index in [1.54, 1.807) is 0 Å². The fourth-order valence-corrected chi connectivity index (χ4v) is 4.38. The molecule has 2 aromatic rings. The van der Waals surface area contributed by atoms with Gasteiger partial charge in [0.05, 0.1) is 16.5 Å². The molecule has 0 bridgehead atoms. The number of halogens is 1. The lowest BCUT2D eigenvalue weighted by molar-refractivity contribution is -0.113. The van der Waals surface area contributed by atoms with E-state index >= 15 is 0 Å². The first-order chi connectivity index (χ1) is 12.0. The van der Waals surface area contributed by atoms with Crippen molar-refractivity contribution in [2.45, 2.75) is 57.1 Å². The summed E-state index contributed by atoms with van der Waals surface area (Å²) < 4.78 is 2.20. The van der Waals surface area contributed by atoms with Crippen LogP contribution >= 0.6 is 23.4 Å². The normalized spacial score (nSPS) is 15.3. The molecular formula is C18H23ClN4OS. The molecule has 1 fully saturated rings. The van der Waals surface area contributed by atoms with Gasteiger partial charge in [0.2, 0.25) is 5.91 Å². The second kappa shape index (κ2) is 8.23. The summed E-state index contributed by atoms with van der Waals surface area (Å²) in [5.41, 5.74) is 1.70. The van der Waals surface area contributed by atoms with Crippen LogP contribution < -0.4 is 5.32 Å². The molecule has 1 aromatic carbocycles. The monoisotopic (exact) mass is 378 g/mol. The van der Waals surface area contributed by atoms with Crippen molar-refractivity contribution in [2.24, 2.45) is 0 Å². The lowest BCUT2D eigenvalue weighted by Gasteiger charge is -2.24. The number of anilines is 1. The number of nitrogens with zero attached hydrogens (tertiary/aromatic N) is 3. The van der Waals surface area contributed by atoms with Crippen LogP contribution in [0.3, 0.4) is 0 Å². The molecule has 1 saturated carbocycles. The summed E-state index contributed by atoms with van der Waals surface area (Å²) in [4.78, 5) is 12.3. The van der Waals surface area contributed by atoms with E-state index < -0.39 is 0 Å². The predicted molar refractivity (Wildman–Crippen MR) is 102 cm³/mol. The topological polar surface area (TPSA) is 59.8 Å². The Hall–Kier alpha value is -1.53. The molecule has 0 unspecified atom stereocenters. The van der Waals surface area contributed by atoms with Gasteiger partial charge in [0.1, 0.15) is 5.82 Å². The van der Waals surface area contributed by atoms with Crippen LogP contribution in [0.15, 0.2) is 23.4 Å². The van der Waals surface area contributed by atoms with Crippen molar-refractivity contribution in [3.8, 4) is 0 Å². The summed E-state index contributed by atoms with van der Waals surface area (Å²) in [6, 6.07) is 6.06. The molecule has 1 heterocycles. The van der Waals surface area contributed by atoms with E-state index in [2.05, 4.69) is 20.1 Å². The summed E-state index contributed by atoms with van der Waals surface area (Å²) in [5.74, 6) is 1.12. The molecule has 1 aromatic heterocycles. The van der Waals surface area contributed by atoms with Crippen molar-refractivity contribution in [3.63, 3.8) is 0 Å². The van der Waals surface area contributed by atoms with Gasteiger partial charge < -0.3 is 9.88 Å². The first-order valence-electron chi connectivity index (χ1n) is 8.65. The number of hydrogen-bond acceptors (Lipinski definition) is 4. The number of aromatic nitrogens is 3. The Morgan fingerprint density at radius 2 is 2.04 bits per heavy atom. The van der Waals surface area contributed by atoms with Crippen molar-refractivity contribution in [1.29, 1.82) is 0 Å². The maximum atomic E-state index is 12.3. The van der Waals surface area contributed by atoms with E-state index in [4.69, 9.17) is 11.6 Å². The second-order valence-corrected chi connectivity index (χ2v) is 7.86. The van der Waals surface area contributed by atoms with Gasteiger partial charge in [-0.25, -0.2) is 0 Å². The van der Waals surface area contributed by atoms with Crippen LogP contribution in [0.2, 0.25) is 5.02 Å². The van der Waals surface area contributed by atoms with Crippen molar-refractivity contribution >= 4 is 35.0 Å². The summed E-state index contributed by atoms with van der Waals surface area (Å²) in [5, 5.41) is 12.7. The van der Waals surface area contributed by atoms with E-state index in [9.17, 15) is 4.79 Å². The minimum absolute atomic E-state index is 0.0911. The molecule has 0 radical (unpaired) electrons. The number of hydrogen-bond donors (Lipinski definition) is 1. The van der Waals surface area contributed by atoms with Crippen molar-refractivity contribution in [2.75, 3.05) is 11.1 Å². The van der Waals surface area contributed by atoms with E-state index in [-0.39, 0.29) is 11.7 Å². The van der Waals surface area contributed by atoms with Crippen LogP contribution in [-0.2, 0) is 4.79 Å². The van der Waals surface area contributed by atoms with E-state index in [1.807, 2.05) is 32.0 Å². The third-order valence-electron chi connectivity index (χ3n) is 4.51. The zero-order valence-electron chi connectivity index (χ0n) is 14.6.